The van der Waals surface area contributed by atoms with E-state index in [0.717, 1.165) is 0 Å². The van der Waals surface area contributed by atoms with Gasteiger partial charge in [-0.15, -0.1) is 5.10 Å². The maximum Gasteiger partial charge on any atom is 0.297 e. The summed E-state index contributed by atoms with van der Waals surface area (Å²) in [6.45, 7) is 0. The number of nitro groups is 1. The number of benzene rings is 1. The molecule has 74 valence electrons. The van der Waals surface area contributed by atoms with Gasteiger partial charge in [0.1, 0.15) is 0 Å². The molecule has 0 saturated heterocycles. The molecular formula is C9H5N3O3. The molecule has 0 aliphatic rings. The highest BCUT2D eigenvalue weighted by atomic mass is 16.6. The van der Waals surface area contributed by atoms with E-state index < -0.39 is 4.92 Å². The Morgan fingerprint density at radius 3 is 2.80 bits per heavy atom. The lowest BCUT2D eigenvalue weighted by molar-refractivity contribution is -0.383. The third-order valence-electron chi connectivity index (χ3n) is 1.93. The first-order chi connectivity index (χ1) is 7.20. The Bertz CT molecular complexity index is 597. The number of nitro benzene ring substituents is 1. The molecule has 0 bridgehead atoms. The lowest BCUT2D eigenvalue weighted by Crippen LogP contribution is -1.97. The number of fused-ring (bicyclic) bond motifs is 1. The Kier molecular flexibility index (Phi) is 2.09. The van der Waals surface area contributed by atoms with Crippen molar-refractivity contribution in [2.45, 2.75) is 0 Å². The van der Waals surface area contributed by atoms with Gasteiger partial charge in [-0.25, -0.2) is 0 Å². The molecule has 15 heavy (non-hydrogen) atoms. The van der Waals surface area contributed by atoms with E-state index >= 15 is 0 Å². The van der Waals surface area contributed by atoms with Crippen molar-refractivity contribution >= 4 is 16.6 Å². The quantitative estimate of drug-likeness (QED) is 0.507. The molecule has 0 unspecified atom stereocenters. The summed E-state index contributed by atoms with van der Waals surface area (Å²) in [6.07, 6.45) is 1.21. The summed E-state index contributed by atoms with van der Waals surface area (Å²) in [5.41, 5.74) is -0.537. The highest BCUT2D eigenvalue weighted by Crippen LogP contribution is 2.19. The minimum absolute atomic E-state index is 0.0116. The number of rotatable bonds is 1. The first-order valence-corrected chi connectivity index (χ1v) is 4.09. The van der Waals surface area contributed by atoms with E-state index in [-0.39, 0.29) is 22.0 Å². The fourth-order valence-electron chi connectivity index (χ4n) is 1.26. The minimum Gasteiger partial charge on any atom is -0.289 e. The van der Waals surface area contributed by atoms with Gasteiger partial charge in [0.05, 0.1) is 16.5 Å². The topological polar surface area (TPSA) is 86.0 Å². The van der Waals surface area contributed by atoms with Gasteiger partial charge >= 0.3 is 0 Å². The molecule has 0 aliphatic heterocycles. The molecule has 0 N–H and O–H groups in total. The van der Waals surface area contributed by atoms with Crippen molar-refractivity contribution in [3.63, 3.8) is 0 Å². The first kappa shape index (κ1) is 9.20. The van der Waals surface area contributed by atoms with E-state index in [4.69, 9.17) is 0 Å². The fourth-order valence-corrected chi connectivity index (χ4v) is 1.26. The maximum atomic E-state index is 11.5. The van der Waals surface area contributed by atoms with Crippen LogP contribution in [0.4, 0.5) is 5.69 Å². The van der Waals surface area contributed by atoms with E-state index in [2.05, 4.69) is 10.2 Å². The van der Waals surface area contributed by atoms with Gasteiger partial charge in [0.15, 0.2) is 10.9 Å². The second-order valence-electron chi connectivity index (χ2n) is 2.83. The van der Waals surface area contributed by atoms with Crippen LogP contribution >= 0.6 is 0 Å². The van der Waals surface area contributed by atoms with Crippen LogP contribution in [0.2, 0.25) is 0 Å². The van der Waals surface area contributed by atoms with Gasteiger partial charge in [-0.05, 0) is 6.07 Å². The molecule has 0 fully saturated rings. The second-order valence-corrected chi connectivity index (χ2v) is 2.83. The molecule has 0 saturated carbocycles. The molecule has 1 heterocycles. The monoisotopic (exact) mass is 203 g/mol. The predicted molar refractivity (Wildman–Crippen MR) is 52.5 cm³/mol. The molecule has 6 nitrogen and oxygen atoms in total. The zero-order valence-electron chi connectivity index (χ0n) is 7.45. The maximum absolute atomic E-state index is 11.5. The molecule has 0 radical (unpaired) electrons. The zero-order chi connectivity index (χ0) is 10.8. The fraction of sp³-hybridized carbons (Fsp3) is 0. The number of nitrogens with zero attached hydrogens (tertiary/aromatic N) is 3. The van der Waals surface area contributed by atoms with Crippen molar-refractivity contribution in [2.75, 3.05) is 0 Å². The van der Waals surface area contributed by atoms with Gasteiger partial charge in [-0.2, -0.15) is 5.10 Å². The molecule has 0 atom stereocenters. The van der Waals surface area contributed by atoms with E-state index in [9.17, 15) is 14.9 Å². The van der Waals surface area contributed by atoms with Crippen LogP contribution in [0.5, 0.6) is 0 Å². The summed E-state index contributed by atoms with van der Waals surface area (Å²) in [7, 11) is 0. The zero-order valence-corrected chi connectivity index (χ0v) is 7.45. The summed E-state index contributed by atoms with van der Waals surface area (Å²) >= 11 is 0. The second kappa shape index (κ2) is 3.41. The van der Waals surface area contributed by atoms with Gasteiger partial charge in [0.25, 0.3) is 5.69 Å². The predicted octanol–water partition coefficient (Wildman–Crippen LogP) is 0.898. The lowest BCUT2D eigenvalue weighted by Gasteiger charge is -1.92. The standard InChI is InChI=1S/C9H5N3O3/c13-8-4-5-10-11-9-6(8)2-1-3-7(9)12(14)15/h1-5H. The largest absolute Gasteiger partial charge is 0.297 e. The molecule has 6 heteroatoms. The van der Waals surface area contributed by atoms with Crippen LogP contribution in [0, 0.1) is 10.1 Å². The number of hydrogen-bond acceptors (Lipinski definition) is 5. The SMILES string of the molecule is O=c1ccnnc2c([N+](=O)[O-])cccc12. The van der Waals surface area contributed by atoms with Crippen LogP contribution in [0.15, 0.2) is 35.3 Å². The van der Waals surface area contributed by atoms with Gasteiger partial charge in [-0.3, -0.25) is 14.9 Å². The highest BCUT2D eigenvalue weighted by molar-refractivity contribution is 5.85. The minimum atomic E-state index is -0.587. The number of hydrogen-bond donors (Lipinski definition) is 0. The summed E-state index contributed by atoms with van der Waals surface area (Å²) in [5, 5.41) is 18.0. The molecule has 0 spiro atoms. The van der Waals surface area contributed by atoms with Crippen LogP contribution in [-0.4, -0.2) is 15.1 Å². The van der Waals surface area contributed by atoms with Crippen LogP contribution in [-0.2, 0) is 0 Å². The van der Waals surface area contributed by atoms with Crippen LogP contribution in [0.3, 0.4) is 0 Å². The van der Waals surface area contributed by atoms with Gasteiger partial charge in [-0.1, -0.05) is 6.07 Å². The average Bonchev–Trinajstić information content (AvgIpc) is 2.40. The van der Waals surface area contributed by atoms with E-state index in [0.29, 0.717) is 0 Å². The Morgan fingerprint density at radius 1 is 1.27 bits per heavy atom. The van der Waals surface area contributed by atoms with Crippen molar-refractivity contribution in [3.05, 3.63) is 50.8 Å². The van der Waals surface area contributed by atoms with Crippen LogP contribution in [0.1, 0.15) is 0 Å². The van der Waals surface area contributed by atoms with E-state index in [1.165, 1.54) is 30.5 Å². The van der Waals surface area contributed by atoms with Gasteiger partial charge in [0.2, 0.25) is 0 Å². The molecule has 1 aromatic carbocycles. The summed E-state index contributed by atoms with van der Waals surface area (Å²) in [5.74, 6) is 0. The van der Waals surface area contributed by atoms with Crippen molar-refractivity contribution in [1.82, 2.24) is 10.2 Å². The lowest BCUT2D eigenvalue weighted by atomic mass is 10.2. The van der Waals surface area contributed by atoms with Crippen LogP contribution in [0.25, 0.3) is 10.9 Å². The molecule has 2 rings (SSSR count). The summed E-state index contributed by atoms with van der Waals surface area (Å²) < 4.78 is 0. The van der Waals surface area contributed by atoms with Gasteiger partial charge in [0, 0.05) is 12.1 Å². The average molecular weight is 203 g/mol. The van der Waals surface area contributed by atoms with E-state index in [1.807, 2.05) is 0 Å². The third kappa shape index (κ3) is 1.52. The third-order valence-corrected chi connectivity index (χ3v) is 1.93. The number of aromatic nitrogens is 2. The normalized spacial score (nSPS) is 10.1. The van der Waals surface area contributed by atoms with E-state index in [1.54, 1.807) is 0 Å². The molecule has 0 amide bonds. The van der Waals surface area contributed by atoms with Crippen molar-refractivity contribution in [2.24, 2.45) is 0 Å². The first-order valence-electron chi connectivity index (χ1n) is 4.09. The van der Waals surface area contributed by atoms with Crippen molar-refractivity contribution < 1.29 is 4.92 Å². The smallest absolute Gasteiger partial charge is 0.289 e. The molecule has 0 aliphatic carbocycles. The van der Waals surface area contributed by atoms with Crippen molar-refractivity contribution in [1.29, 1.82) is 0 Å². The summed E-state index contributed by atoms with van der Waals surface area (Å²) in [6, 6.07) is 5.44. The van der Waals surface area contributed by atoms with Crippen molar-refractivity contribution in [3.8, 4) is 0 Å². The summed E-state index contributed by atoms with van der Waals surface area (Å²) in [4.78, 5) is 21.5. The molecular weight excluding hydrogens is 198 g/mol. The Labute approximate surface area is 83.3 Å². The Hall–Kier alpha value is -2.37. The number of non-ortho nitro benzene ring substituents is 1. The van der Waals surface area contributed by atoms with Gasteiger partial charge < -0.3 is 0 Å². The highest BCUT2D eigenvalue weighted by Gasteiger charge is 2.13. The molecule has 1 aromatic heterocycles. The molecule has 2 aromatic rings. The Balaban J connectivity index is 3.01. The Morgan fingerprint density at radius 2 is 2.07 bits per heavy atom. The van der Waals surface area contributed by atoms with Crippen LogP contribution < -0.4 is 5.43 Å².